The molecular formula is C15H22ClN3O4S. The van der Waals surface area contributed by atoms with Crippen molar-refractivity contribution in [3.8, 4) is 0 Å². The summed E-state index contributed by atoms with van der Waals surface area (Å²) in [6.45, 7) is 4.70. The van der Waals surface area contributed by atoms with Gasteiger partial charge in [0.25, 0.3) is 0 Å². The number of halogens is 1. The van der Waals surface area contributed by atoms with Crippen LogP contribution in [0.25, 0.3) is 11.1 Å². The predicted octanol–water partition coefficient (Wildman–Crippen LogP) is 1.30. The van der Waals surface area contributed by atoms with Gasteiger partial charge in [0.15, 0.2) is 5.58 Å². The van der Waals surface area contributed by atoms with E-state index in [2.05, 4.69) is 0 Å². The number of aryl methyl sites for hydroxylation is 1. The van der Waals surface area contributed by atoms with E-state index in [1.54, 1.807) is 13.1 Å². The quantitative estimate of drug-likeness (QED) is 0.853. The molecule has 3 rings (SSSR count). The number of rotatable bonds is 2. The summed E-state index contributed by atoms with van der Waals surface area (Å²) in [5.41, 5.74) is 6.63. The number of piperidine rings is 1. The van der Waals surface area contributed by atoms with E-state index in [0.29, 0.717) is 25.0 Å². The van der Waals surface area contributed by atoms with Crippen LogP contribution in [0.15, 0.2) is 32.3 Å². The van der Waals surface area contributed by atoms with Crippen LogP contribution in [0.4, 0.5) is 0 Å². The van der Waals surface area contributed by atoms with E-state index >= 15 is 0 Å². The number of sulfonamides is 1. The first-order valence-corrected chi connectivity index (χ1v) is 8.92. The van der Waals surface area contributed by atoms with Gasteiger partial charge in [-0.3, -0.25) is 4.57 Å². The van der Waals surface area contributed by atoms with Gasteiger partial charge in [-0.25, -0.2) is 13.2 Å². The molecule has 1 aromatic carbocycles. The Morgan fingerprint density at radius 1 is 1.33 bits per heavy atom. The number of fused-ring (bicyclic) bond motifs is 1. The molecule has 0 aliphatic carbocycles. The van der Waals surface area contributed by atoms with E-state index in [1.165, 1.54) is 21.0 Å². The fourth-order valence-electron chi connectivity index (χ4n) is 2.95. The van der Waals surface area contributed by atoms with Gasteiger partial charge in [-0.05, 0) is 24.0 Å². The first kappa shape index (κ1) is 19.0. The number of aromatic nitrogens is 1. The van der Waals surface area contributed by atoms with Crippen molar-refractivity contribution >= 4 is 33.5 Å². The number of hydrogen-bond acceptors (Lipinski definition) is 5. The summed E-state index contributed by atoms with van der Waals surface area (Å²) in [6.07, 6.45) is 0.620. The summed E-state index contributed by atoms with van der Waals surface area (Å²) in [6, 6.07) is 4.49. The molecule has 2 N–H and O–H groups in total. The molecule has 24 heavy (non-hydrogen) atoms. The molecule has 1 atom stereocenters. The Bertz CT molecular complexity index is 916. The molecule has 0 saturated carbocycles. The third kappa shape index (κ3) is 2.99. The van der Waals surface area contributed by atoms with Crippen LogP contribution in [0, 0.1) is 5.41 Å². The molecule has 1 fully saturated rings. The Morgan fingerprint density at radius 3 is 2.62 bits per heavy atom. The Balaban J connectivity index is 0.00000208. The van der Waals surface area contributed by atoms with Crippen LogP contribution in [-0.4, -0.2) is 36.4 Å². The fraction of sp³-hybridized carbons (Fsp3) is 0.533. The second-order valence-corrected chi connectivity index (χ2v) is 8.72. The Labute approximate surface area is 146 Å². The van der Waals surface area contributed by atoms with Gasteiger partial charge in [-0.15, -0.1) is 12.4 Å². The monoisotopic (exact) mass is 375 g/mol. The van der Waals surface area contributed by atoms with Crippen molar-refractivity contribution in [3.05, 3.63) is 28.7 Å². The molecular weight excluding hydrogens is 354 g/mol. The number of nitrogens with zero attached hydrogens (tertiary/aromatic N) is 2. The number of hydrogen-bond donors (Lipinski definition) is 1. The maximum atomic E-state index is 12.9. The first-order valence-electron chi connectivity index (χ1n) is 7.48. The van der Waals surface area contributed by atoms with Gasteiger partial charge < -0.3 is 10.2 Å². The van der Waals surface area contributed by atoms with Crippen molar-refractivity contribution in [2.45, 2.75) is 31.2 Å². The average molecular weight is 376 g/mol. The van der Waals surface area contributed by atoms with E-state index in [-0.39, 0.29) is 34.3 Å². The molecule has 1 aliphatic rings. The number of nitrogens with two attached hydrogens (primary N) is 1. The van der Waals surface area contributed by atoms with E-state index in [0.717, 1.165) is 0 Å². The fourth-order valence-corrected chi connectivity index (χ4v) is 4.60. The molecule has 2 heterocycles. The van der Waals surface area contributed by atoms with Gasteiger partial charge in [0.1, 0.15) is 0 Å². The third-order valence-corrected chi connectivity index (χ3v) is 6.52. The van der Waals surface area contributed by atoms with Crippen molar-refractivity contribution in [1.29, 1.82) is 0 Å². The zero-order chi connectivity index (χ0) is 17.0. The molecule has 7 nitrogen and oxygen atoms in total. The predicted molar refractivity (Wildman–Crippen MR) is 93.8 cm³/mol. The van der Waals surface area contributed by atoms with Crippen molar-refractivity contribution in [3.63, 3.8) is 0 Å². The third-order valence-electron chi connectivity index (χ3n) is 4.68. The zero-order valence-corrected chi connectivity index (χ0v) is 15.5. The maximum absolute atomic E-state index is 12.9. The molecule has 0 radical (unpaired) electrons. The van der Waals surface area contributed by atoms with Crippen molar-refractivity contribution < 1.29 is 12.8 Å². The smallest absolute Gasteiger partial charge is 0.408 e. The minimum atomic E-state index is -3.65. The minimum absolute atomic E-state index is 0. The molecule has 0 amide bonds. The highest BCUT2D eigenvalue weighted by atomic mass is 35.5. The molecule has 0 spiro atoms. The molecule has 0 bridgehead atoms. The highest BCUT2D eigenvalue weighted by Crippen LogP contribution is 2.31. The van der Waals surface area contributed by atoms with Gasteiger partial charge in [0, 0.05) is 32.2 Å². The van der Waals surface area contributed by atoms with Gasteiger partial charge in [-0.1, -0.05) is 13.8 Å². The average Bonchev–Trinajstić information content (AvgIpc) is 2.76. The minimum Gasteiger partial charge on any atom is -0.408 e. The highest BCUT2D eigenvalue weighted by molar-refractivity contribution is 7.89. The van der Waals surface area contributed by atoms with Crippen LogP contribution in [0.3, 0.4) is 0 Å². The highest BCUT2D eigenvalue weighted by Gasteiger charge is 2.38. The largest absolute Gasteiger partial charge is 0.419 e. The van der Waals surface area contributed by atoms with Gasteiger partial charge in [-0.2, -0.15) is 4.31 Å². The number of benzene rings is 1. The molecule has 134 valence electrons. The van der Waals surface area contributed by atoms with E-state index in [4.69, 9.17) is 10.2 Å². The topological polar surface area (TPSA) is 98.5 Å². The van der Waals surface area contributed by atoms with Crippen LogP contribution < -0.4 is 11.5 Å². The van der Waals surface area contributed by atoms with Crippen LogP contribution in [-0.2, 0) is 17.1 Å². The van der Waals surface area contributed by atoms with Crippen molar-refractivity contribution in [2.24, 2.45) is 18.2 Å². The van der Waals surface area contributed by atoms with Crippen LogP contribution >= 0.6 is 12.4 Å². The zero-order valence-electron chi connectivity index (χ0n) is 13.9. The number of oxazole rings is 1. The Morgan fingerprint density at radius 2 is 2.00 bits per heavy atom. The lowest BCUT2D eigenvalue weighted by Crippen LogP contribution is -2.53. The molecule has 1 aromatic heterocycles. The van der Waals surface area contributed by atoms with Crippen LogP contribution in [0.5, 0.6) is 0 Å². The molecule has 1 aliphatic heterocycles. The normalized spacial score (nSPS) is 21.6. The summed E-state index contributed by atoms with van der Waals surface area (Å²) >= 11 is 0. The van der Waals surface area contributed by atoms with Crippen LogP contribution in [0.1, 0.15) is 20.3 Å². The van der Waals surface area contributed by atoms with Gasteiger partial charge in [0.2, 0.25) is 10.0 Å². The second-order valence-electron chi connectivity index (χ2n) is 6.78. The van der Waals surface area contributed by atoms with Crippen molar-refractivity contribution in [1.82, 2.24) is 8.87 Å². The van der Waals surface area contributed by atoms with Crippen molar-refractivity contribution in [2.75, 3.05) is 13.1 Å². The Hall–Kier alpha value is -1.35. The molecule has 1 saturated heterocycles. The standard InChI is InChI=1S/C15H21N3O4S.ClH/c1-15(2)9-18(7-6-13(15)16)23(20,21)10-4-5-11-12(8-10)22-14(19)17(11)3;/h4-5,8,13H,6-7,9,16H2,1-3H3;1H. The summed E-state index contributed by atoms with van der Waals surface area (Å²) < 4.78 is 33.6. The summed E-state index contributed by atoms with van der Waals surface area (Å²) in [7, 11) is -2.06. The summed E-state index contributed by atoms with van der Waals surface area (Å²) in [5, 5.41) is 0. The lowest BCUT2D eigenvalue weighted by molar-refractivity contribution is 0.155. The lowest BCUT2D eigenvalue weighted by Gasteiger charge is -2.41. The molecule has 9 heteroatoms. The Kier molecular flexibility index (Phi) is 4.89. The van der Waals surface area contributed by atoms with E-state index < -0.39 is 15.8 Å². The SMILES string of the molecule is Cl.Cn1c(=O)oc2cc(S(=O)(=O)N3CCC(N)C(C)(C)C3)ccc21. The maximum Gasteiger partial charge on any atom is 0.419 e. The van der Waals surface area contributed by atoms with Gasteiger partial charge >= 0.3 is 5.76 Å². The second kappa shape index (κ2) is 6.18. The summed E-state index contributed by atoms with van der Waals surface area (Å²) in [4.78, 5) is 11.7. The first-order chi connectivity index (χ1) is 10.6. The van der Waals surface area contributed by atoms with Gasteiger partial charge in [0.05, 0.1) is 10.4 Å². The van der Waals surface area contributed by atoms with Crippen LogP contribution in [0.2, 0.25) is 0 Å². The summed E-state index contributed by atoms with van der Waals surface area (Å²) in [5.74, 6) is -0.514. The molecule has 2 aromatic rings. The lowest BCUT2D eigenvalue weighted by atomic mass is 9.81. The molecule has 1 unspecified atom stereocenters. The van der Waals surface area contributed by atoms with E-state index in [1.807, 2.05) is 13.8 Å². The van der Waals surface area contributed by atoms with E-state index in [9.17, 15) is 13.2 Å².